The molecule has 0 fully saturated rings. The zero-order valence-electron chi connectivity index (χ0n) is 13.4. The minimum absolute atomic E-state index is 0.446. The molecule has 2 rings (SSSR count). The Balaban J connectivity index is 2.00. The first kappa shape index (κ1) is 15.7. The molecule has 0 aliphatic carbocycles. The van der Waals surface area contributed by atoms with E-state index in [-0.39, 0.29) is 0 Å². The van der Waals surface area contributed by atoms with Crippen molar-refractivity contribution in [2.45, 2.75) is 33.4 Å². The molecule has 0 saturated heterocycles. The van der Waals surface area contributed by atoms with Gasteiger partial charge in [-0.05, 0) is 38.9 Å². The number of aliphatic hydroxyl groups is 1. The summed E-state index contributed by atoms with van der Waals surface area (Å²) in [6, 6.07) is 14.8. The lowest BCUT2D eigenvalue weighted by molar-refractivity contribution is 0.123. The van der Waals surface area contributed by atoms with E-state index >= 15 is 0 Å². The largest absolute Gasteiger partial charge is 0.387 e. The van der Waals surface area contributed by atoms with Crippen molar-refractivity contribution in [2.75, 3.05) is 13.6 Å². The fourth-order valence-corrected chi connectivity index (χ4v) is 2.79. The summed E-state index contributed by atoms with van der Waals surface area (Å²) in [5, 5.41) is 10.4. The van der Waals surface area contributed by atoms with Gasteiger partial charge < -0.3 is 5.11 Å². The van der Waals surface area contributed by atoms with E-state index in [0.29, 0.717) is 6.54 Å². The van der Waals surface area contributed by atoms with E-state index in [1.807, 2.05) is 7.05 Å². The normalized spacial score (nSPS) is 12.7. The summed E-state index contributed by atoms with van der Waals surface area (Å²) in [6.45, 7) is 7.73. The number of aliphatic hydroxyl groups excluding tert-OH is 1. The summed E-state index contributed by atoms with van der Waals surface area (Å²) in [7, 11) is 2.05. The Morgan fingerprint density at radius 3 is 2.24 bits per heavy atom. The van der Waals surface area contributed by atoms with Crippen LogP contribution in [0, 0.1) is 20.8 Å². The van der Waals surface area contributed by atoms with E-state index in [2.05, 4.69) is 68.1 Å². The third-order valence-corrected chi connectivity index (χ3v) is 3.65. The Labute approximate surface area is 128 Å². The number of aryl methyl sites for hydroxylation is 3. The number of rotatable bonds is 5. The Hall–Kier alpha value is -1.64. The van der Waals surface area contributed by atoms with Gasteiger partial charge in [0.2, 0.25) is 0 Å². The highest BCUT2D eigenvalue weighted by molar-refractivity contribution is 5.30. The van der Waals surface area contributed by atoms with Crippen molar-refractivity contribution >= 4 is 0 Å². The van der Waals surface area contributed by atoms with E-state index in [1.165, 1.54) is 22.3 Å². The van der Waals surface area contributed by atoms with E-state index in [0.717, 1.165) is 12.1 Å². The van der Waals surface area contributed by atoms with Crippen LogP contribution in [0.15, 0.2) is 42.5 Å². The fraction of sp³-hybridized carbons (Fsp3) is 0.368. The molecule has 2 aromatic rings. The molecular formula is C19H25NO. The quantitative estimate of drug-likeness (QED) is 0.902. The highest BCUT2D eigenvalue weighted by Crippen LogP contribution is 2.18. The average molecular weight is 283 g/mol. The molecule has 1 atom stereocenters. The smallest absolute Gasteiger partial charge is 0.0917 e. The minimum Gasteiger partial charge on any atom is -0.387 e. The van der Waals surface area contributed by atoms with Crippen molar-refractivity contribution in [2.24, 2.45) is 0 Å². The molecule has 0 aromatic heterocycles. The van der Waals surface area contributed by atoms with Gasteiger partial charge in [0, 0.05) is 13.1 Å². The van der Waals surface area contributed by atoms with Crippen LogP contribution >= 0.6 is 0 Å². The molecular weight excluding hydrogens is 258 g/mol. The first-order valence-corrected chi connectivity index (χ1v) is 7.44. The van der Waals surface area contributed by atoms with E-state index in [4.69, 9.17) is 0 Å². The molecule has 0 saturated carbocycles. The molecule has 1 N–H and O–H groups in total. The molecule has 2 nitrogen and oxygen atoms in total. The molecule has 0 heterocycles. The summed E-state index contributed by atoms with van der Waals surface area (Å²) < 4.78 is 0. The van der Waals surface area contributed by atoms with Crippen LogP contribution in [0.2, 0.25) is 0 Å². The summed E-state index contributed by atoms with van der Waals surface area (Å²) in [5.41, 5.74) is 5.96. The van der Waals surface area contributed by atoms with Crippen LogP contribution in [0.3, 0.4) is 0 Å². The third kappa shape index (κ3) is 4.69. The van der Waals surface area contributed by atoms with Crippen molar-refractivity contribution in [3.63, 3.8) is 0 Å². The summed E-state index contributed by atoms with van der Waals surface area (Å²) in [6.07, 6.45) is -0.446. The topological polar surface area (TPSA) is 23.5 Å². The van der Waals surface area contributed by atoms with E-state index < -0.39 is 6.10 Å². The zero-order chi connectivity index (χ0) is 15.4. The number of benzene rings is 2. The molecule has 21 heavy (non-hydrogen) atoms. The Bertz CT molecular complexity index is 586. The summed E-state index contributed by atoms with van der Waals surface area (Å²) in [5.74, 6) is 0. The maximum Gasteiger partial charge on any atom is 0.0917 e. The molecule has 0 aliphatic heterocycles. The predicted molar refractivity (Wildman–Crippen MR) is 88.4 cm³/mol. The van der Waals surface area contributed by atoms with Gasteiger partial charge in [0.15, 0.2) is 0 Å². The number of nitrogens with zero attached hydrogens (tertiary/aromatic N) is 1. The van der Waals surface area contributed by atoms with Crippen LogP contribution in [0.4, 0.5) is 0 Å². The van der Waals surface area contributed by atoms with Crippen molar-refractivity contribution in [3.8, 4) is 0 Å². The van der Waals surface area contributed by atoms with Crippen LogP contribution in [0.25, 0.3) is 0 Å². The van der Waals surface area contributed by atoms with Crippen molar-refractivity contribution < 1.29 is 5.11 Å². The minimum atomic E-state index is -0.446. The lowest BCUT2D eigenvalue weighted by Gasteiger charge is -2.21. The van der Waals surface area contributed by atoms with Gasteiger partial charge in [0.05, 0.1) is 6.10 Å². The summed E-state index contributed by atoms with van der Waals surface area (Å²) >= 11 is 0. The Kier molecular flexibility index (Phi) is 5.16. The second-order valence-corrected chi connectivity index (χ2v) is 6.12. The Morgan fingerprint density at radius 2 is 1.62 bits per heavy atom. The molecule has 0 amide bonds. The number of hydrogen-bond donors (Lipinski definition) is 1. The van der Waals surface area contributed by atoms with Gasteiger partial charge in [-0.1, -0.05) is 59.2 Å². The van der Waals surface area contributed by atoms with E-state index in [9.17, 15) is 5.11 Å². The second-order valence-electron chi connectivity index (χ2n) is 6.12. The van der Waals surface area contributed by atoms with Gasteiger partial charge in [-0.2, -0.15) is 0 Å². The molecule has 0 aliphatic rings. The number of likely N-dealkylation sites (N-methyl/N-ethyl adjacent to an activating group) is 1. The van der Waals surface area contributed by atoms with Crippen LogP contribution in [0.5, 0.6) is 0 Å². The van der Waals surface area contributed by atoms with Gasteiger partial charge in [0.25, 0.3) is 0 Å². The standard InChI is InChI=1S/C19H25NO/c1-14-6-5-7-17(9-14)12-20(4)13-19(21)18-10-15(2)8-16(3)11-18/h5-11,19,21H,12-13H2,1-4H3. The Morgan fingerprint density at radius 1 is 0.952 bits per heavy atom. The number of hydrogen-bond acceptors (Lipinski definition) is 2. The van der Waals surface area contributed by atoms with Crippen LogP contribution in [-0.4, -0.2) is 23.6 Å². The molecule has 0 bridgehead atoms. The van der Waals surface area contributed by atoms with Crippen LogP contribution in [-0.2, 0) is 6.54 Å². The molecule has 0 spiro atoms. The first-order valence-electron chi connectivity index (χ1n) is 7.44. The van der Waals surface area contributed by atoms with Gasteiger partial charge in [0.1, 0.15) is 0 Å². The summed E-state index contributed by atoms with van der Waals surface area (Å²) in [4.78, 5) is 2.16. The monoisotopic (exact) mass is 283 g/mol. The van der Waals surface area contributed by atoms with Crippen molar-refractivity contribution in [1.82, 2.24) is 4.90 Å². The third-order valence-electron chi connectivity index (χ3n) is 3.65. The first-order chi connectivity index (χ1) is 9.94. The molecule has 112 valence electrons. The van der Waals surface area contributed by atoms with Crippen molar-refractivity contribution in [3.05, 3.63) is 70.3 Å². The van der Waals surface area contributed by atoms with Crippen molar-refractivity contribution in [1.29, 1.82) is 0 Å². The lowest BCUT2D eigenvalue weighted by atomic mass is 10.0. The second kappa shape index (κ2) is 6.88. The highest BCUT2D eigenvalue weighted by atomic mass is 16.3. The fourth-order valence-electron chi connectivity index (χ4n) is 2.79. The van der Waals surface area contributed by atoms with E-state index in [1.54, 1.807) is 0 Å². The lowest BCUT2D eigenvalue weighted by Crippen LogP contribution is -2.24. The molecule has 2 heteroatoms. The maximum absolute atomic E-state index is 10.4. The van der Waals surface area contributed by atoms with Gasteiger partial charge in [-0.3, -0.25) is 4.90 Å². The van der Waals surface area contributed by atoms with Gasteiger partial charge >= 0.3 is 0 Å². The molecule has 0 radical (unpaired) electrons. The zero-order valence-corrected chi connectivity index (χ0v) is 13.4. The SMILES string of the molecule is Cc1cccc(CN(C)CC(O)c2cc(C)cc(C)c2)c1. The van der Waals surface area contributed by atoms with Gasteiger partial charge in [-0.15, -0.1) is 0 Å². The highest BCUT2D eigenvalue weighted by Gasteiger charge is 2.12. The maximum atomic E-state index is 10.4. The van der Waals surface area contributed by atoms with Crippen LogP contribution < -0.4 is 0 Å². The predicted octanol–water partition coefficient (Wildman–Crippen LogP) is 3.78. The molecule has 2 aromatic carbocycles. The van der Waals surface area contributed by atoms with Gasteiger partial charge in [-0.25, -0.2) is 0 Å². The van der Waals surface area contributed by atoms with Crippen LogP contribution in [0.1, 0.15) is 33.9 Å². The average Bonchev–Trinajstić information content (AvgIpc) is 2.37. The molecule has 1 unspecified atom stereocenters.